The van der Waals surface area contributed by atoms with Crippen molar-refractivity contribution in [3.63, 3.8) is 0 Å². The molecule has 0 aliphatic carbocycles. The number of benzene rings is 1. The van der Waals surface area contributed by atoms with Crippen LogP contribution in [0, 0.1) is 20.8 Å². The van der Waals surface area contributed by atoms with Gasteiger partial charge in [0.2, 0.25) is 0 Å². The molecule has 0 fully saturated rings. The molecule has 1 aromatic carbocycles. The first kappa shape index (κ1) is 13.4. The lowest BCUT2D eigenvalue weighted by Crippen LogP contribution is -2.33. The van der Waals surface area contributed by atoms with Gasteiger partial charge < -0.3 is 9.88 Å². The molecule has 0 spiro atoms. The minimum absolute atomic E-state index is 0.279. The summed E-state index contributed by atoms with van der Waals surface area (Å²) < 4.78 is 2.28. The molecule has 3 nitrogen and oxygen atoms in total. The molecule has 1 atom stereocenters. The lowest BCUT2D eigenvalue weighted by atomic mass is 9.89. The summed E-state index contributed by atoms with van der Waals surface area (Å²) in [6, 6.07) is 4.84. The molecule has 1 aromatic heterocycles. The molecule has 1 N–H and O–H groups in total. The molecule has 0 amide bonds. The normalized spacial score (nSPS) is 18.1. The predicted molar refractivity (Wildman–Crippen MR) is 82.1 cm³/mol. The van der Waals surface area contributed by atoms with Gasteiger partial charge in [-0.25, -0.2) is 4.98 Å². The van der Waals surface area contributed by atoms with Crippen LogP contribution < -0.4 is 5.32 Å². The van der Waals surface area contributed by atoms with Crippen molar-refractivity contribution in [2.75, 3.05) is 6.54 Å². The number of nitrogens with one attached hydrogen (secondary N) is 1. The van der Waals surface area contributed by atoms with Gasteiger partial charge >= 0.3 is 0 Å². The predicted octanol–water partition coefficient (Wildman–Crippen LogP) is 3.06. The maximum atomic E-state index is 4.60. The van der Waals surface area contributed by atoms with Crippen molar-refractivity contribution in [2.24, 2.45) is 0 Å². The molecular formula is C17H23N3. The summed E-state index contributed by atoms with van der Waals surface area (Å²) in [4.78, 5) is 4.60. The second kappa shape index (κ2) is 5.06. The Morgan fingerprint density at radius 3 is 2.60 bits per heavy atom. The summed E-state index contributed by atoms with van der Waals surface area (Å²) in [5.41, 5.74) is 8.12. The van der Waals surface area contributed by atoms with E-state index in [0.29, 0.717) is 0 Å². The van der Waals surface area contributed by atoms with E-state index >= 15 is 0 Å². The summed E-state index contributed by atoms with van der Waals surface area (Å²) >= 11 is 0. The van der Waals surface area contributed by atoms with Crippen molar-refractivity contribution in [1.29, 1.82) is 0 Å². The number of aromatic nitrogens is 2. The fourth-order valence-electron chi connectivity index (χ4n) is 3.53. The molecule has 1 aliphatic rings. The number of hydrogen-bond acceptors (Lipinski definition) is 2. The van der Waals surface area contributed by atoms with Crippen LogP contribution in [0.4, 0.5) is 0 Å². The molecule has 1 aliphatic heterocycles. The van der Waals surface area contributed by atoms with Gasteiger partial charge in [-0.15, -0.1) is 0 Å². The van der Waals surface area contributed by atoms with Crippen LogP contribution in [-0.4, -0.2) is 16.1 Å². The van der Waals surface area contributed by atoms with Gasteiger partial charge in [0, 0.05) is 19.5 Å². The maximum Gasteiger partial charge on any atom is 0.0952 e. The molecule has 2 aromatic rings. The van der Waals surface area contributed by atoms with E-state index in [1.165, 1.54) is 33.6 Å². The third-order valence-electron chi connectivity index (χ3n) is 4.31. The molecule has 0 radical (unpaired) electrons. The van der Waals surface area contributed by atoms with Crippen molar-refractivity contribution < 1.29 is 0 Å². The zero-order valence-corrected chi connectivity index (χ0v) is 12.8. The van der Waals surface area contributed by atoms with Gasteiger partial charge in [0.15, 0.2) is 0 Å². The zero-order chi connectivity index (χ0) is 14.3. The lowest BCUT2D eigenvalue weighted by Gasteiger charge is -2.28. The van der Waals surface area contributed by atoms with Gasteiger partial charge in [-0.05, 0) is 44.4 Å². The molecule has 3 heteroatoms. The van der Waals surface area contributed by atoms with Crippen molar-refractivity contribution in [2.45, 2.75) is 46.7 Å². The minimum atomic E-state index is 0.279. The molecule has 1 unspecified atom stereocenters. The van der Waals surface area contributed by atoms with Crippen molar-refractivity contribution >= 4 is 0 Å². The Kier molecular flexibility index (Phi) is 3.38. The number of rotatable bonds is 2. The van der Waals surface area contributed by atoms with Gasteiger partial charge in [-0.2, -0.15) is 0 Å². The first-order chi connectivity index (χ1) is 9.61. The summed E-state index contributed by atoms with van der Waals surface area (Å²) in [5.74, 6) is 0. The molecule has 20 heavy (non-hydrogen) atoms. The Morgan fingerprint density at radius 2 is 1.95 bits per heavy atom. The third kappa shape index (κ3) is 2.06. The molecule has 0 saturated heterocycles. The number of aryl methyl sites for hydroxylation is 4. The van der Waals surface area contributed by atoms with E-state index in [9.17, 15) is 0 Å². The fraction of sp³-hybridized carbons (Fsp3) is 0.471. The van der Waals surface area contributed by atoms with E-state index in [0.717, 1.165) is 19.5 Å². The van der Waals surface area contributed by atoms with Gasteiger partial charge in [0.05, 0.1) is 23.8 Å². The fourth-order valence-corrected chi connectivity index (χ4v) is 3.53. The van der Waals surface area contributed by atoms with E-state index in [4.69, 9.17) is 0 Å². The van der Waals surface area contributed by atoms with Gasteiger partial charge in [-0.3, -0.25) is 0 Å². The van der Waals surface area contributed by atoms with Crippen LogP contribution in [0.1, 0.15) is 46.6 Å². The minimum Gasteiger partial charge on any atom is -0.333 e. The van der Waals surface area contributed by atoms with Gasteiger partial charge in [-0.1, -0.05) is 17.7 Å². The standard InChI is InChI=1S/C17H23N3/c1-5-20-10-19-14-6-7-18-16(17(14)20)15-12(3)8-11(2)9-13(15)4/h8-10,16,18H,5-7H2,1-4H3. The molecule has 0 saturated carbocycles. The van der Waals surface area contributed by atoms with E-state index in [1.807, 2.05) is 6.33 Å². The Bertz CT molecular complexity index is 603. The van der Waals surface area contributed by atoms with Crippen LogP contribution in [0.15, 0.2) is 18.5 Å². The van der Waals surface area contributed by atoms with E-state index < -0.39 is 0 Å². The SMILES string of the molecule is CCn1cnc2c1C(c1c(C)cc(C)cc1C)NCC2. The second-order valence-electron chi connectivity index (χ2n) is 5.81. The Balaban J connectivity index is 2.16. The summed E-state index contributed by atoms with van der Waals surface area (Å²) in [5, 5.41) is 3.69. The summed E-state index contributed by atoms with van der Waals surface area (Å²) in [6.07, 6.45) is 3.02. The highest BCUT2D eigenvalue weighted by atomic mass is 15.1. The molecule has 106 valence electrons. The first-order valence-corrected chi connectivity index (χ1v) is 7.46. The molecule has 0 bridgehead atoms. The van der Waals surface area contributed by atoms with E-state index in [-0.39, 0.29) is 6.04 Å². The molecule has 3 rings (SSSR count). The van der Waals surface area contributed by atoms with Crippen LogP contribution in [0.5, 0.6) is 0 Å². The Hall–Kier alpha value is -1.61. The average molecular weight is 269 g/mol. The van der Waals surface area contributed by atoms with Crippen LogP contribution in [0.3, 0.4) is 0 Å². The highest BCUT2D eigenvalue weighted by Crippen LogP contribution is 2.32. The Labute approximate surface area is 121 Å². The van der Waals surface area contributed by atoms with Gasteiger partial charge in [0.25, 0.3) is 0 Å². The molecular weight excluding hydrogens is 246 g/mol. The quantitative estimate of drug-likeness (QED) is 0.908. The van der Waals surface area contributed by atoms with Crippen molar-refractivity contribution in [1.82, 2.24) is 14.9 Å². The maximum absolute atomic E-state index is 4.60. The third-order valence-corrected chi connectivity index (χ3v) is 4.31. The van der Waals surface area contributed by atoms with Crippen LogP contribution in [-0.2, 0) is 13.0 Å². The zero-order valence-electron chi connectivity index (χ0n) is 12.8. The molecule has 2 heterocycles. The smallest absolute Gasteiger partial charge is 0.0952 e. The van der Waals surface area contributed by atoms with Gasteiger partial charge in [0.1, 0.15) is 0 Å². The van der Waals surface area contributed by atoms with Crippen LogP contribution >= 0.6 is 0 Å². The number of hydrogen-bond donors (Lipinski definition) is 1. The Morgan fingerprint density at radius 1 is 1.25 bits per heavy atom. The topological polar surface area (TPSA) is 29.9 Å². The highest BCUT2D eigenvalue weighted by Gasteiger charge is 2.27. The lowest BCUT2D eigenvalue weighted by molar-refractivity contribution is 0.520. The second-order valence-corrected chi connectivity index (χ2v) is 5.81. The van der Waals surface area contributed by atoms with Crippen molar-refractivity contribution in [3.8, 4) is 0 Å². The summed E-state index contributed by atoms with van der Waals surface area (Å²) in [7, 11) is 0. The van der Waals surface area contributed by atoms with E-state index in [1.54, 1.807) is 0 Å². The first-order valence-electron chi connectivity index (χ1n) is 7.46. The number of imidazole rings is 1. The average Bonchev–Trinajstić information content (AvgIpc) is 2.81. The van der Waals surface area contributed by atoms with Crippen molar-refractivity contribution in [3.05, 3.63) is 52.1 Å². The van der Waals surface area contributed by atoms with Crippen LogP contribution in [0.2, 0.25) is 0 Å². The van der Waals surface area contributed by atoms with Crippen LogP contribution in [0.25, 0.3) is 0 Å². The summed E-state index contributed by atoms with van der Waals surface area (Å²) in [6.45, 7) is 10.8. The number of nitrogens with zero attached hydrogens (tertiary/aromatic N) is 2. The highest BCUT2D eigenvalue weighted by molar-refractivity contribution is 5.44. The van der Waals surface area contributed by atoms with E-state index in [2.05, 4.69) is 54.7 Å². The largest absolute Gasteiger partial charge is 0.333 e. The number of fused-ring (bicyclic) bond motifs is 1. The monoisotopic (exact) mass is 269 g/mol.